The lowest BCUT2D eigenvalue weighted by Gasteiger charge is -2.49. The molecule has 0 unspecified atom stereocenters. The zero-order valence-electron chi connectivity index (χ0n) is 23.7. The van der Waals surface area contributed by atoms with E-state index in [1.54, 1.807) is 74.5 Å². The van der Waals surface area contributed by atoms with Crippen LogP contribution in [0.4, 0.5) is 0 Å². The molecule has 0 saturated heterocycles. The summed E-state index contributed by atoms with van der Waals surface area (Å²) in [7, 11) is 0. The number of hydrogen-bond acceptors (Lipinski definition) is 7. The highest BCUT2D eigenvalue weighted by atomic mass is 16.6. The van der Waals surface area contributed by atoms with Crippen LogP contribution in [0.3, 0.4) is 0 Å². The normalized spacial score (nSPS) is 38.8. The van der Waals surface area contributed by atoms with Crippen molar-refractivity contribution in [3.8, 4) is 0 Å². The third-order valence-corrected chi connectivity index (χ3v) is 10.4. The first-order valence-corrected chi connectivity index (χ1v) is 14.3. The highest BCUT2D eigenvalue weighted by Gasteiger charge is 2.77. The number of benzene rings is 2. The number of allylic oxidation sites excluding steroid dienone is 1. The monoisotopic (exact) mass is 556 g/mol. The number of aliphatic hydroxyl groups excluding tert-OH is 1. The molecule has 2 N–H and O–H groups in total. The first kappa shape index (κ1) is 27.6. The Labute approximate surface area is 239 Å². The maximum Gasteiger partial charge on any atom is 0.338 e. The van der Waals surface area contributed by atoms with Crippen molar-refractivity contribution in [3.63, 3.8) is 0 Å². The molecule has 41 heavy (non-hydrogen) atoms. The minimum absolute atomic E-state index is 0.0672. The first-order chi connectivity index (χ1) is 19.5. The highest BCUT2D eigenvalue weighted by molar-refractivity contribution is 5.96. The van der Waals surface area contributed by atoms with Crippen molar-refractivity contribution >= 4 is 17.7 Å². The second-order valence-electron chi connectivity index (χ2n) is 12.7. The number of ketones is 1. The van der Waals surface area contributed by atoms with Gasteiger partial charge in [-0.25, -0.2) is 9.59 Å². The Kier molecular flexibility index (Phi) is 6.40. The molecule has 2 bridgehead atoms. The minimum atomic E-state index is -2.07. The average Bonchev–Trinajstić information content (AvgIpc) is 3.52. The lowest BCUT2D eigenvalue weighted by molar-refractivity contribution is -0.190. The molecule has 2 fully saturated rings. The number of carbonyl (C=O) groups is 3. The summed E-state index contributed by atoms with van der Waals surface area (Å²) < 4.78 is 11.8. The number of hydrogen-bond donors (Lipinski definition) is 2. The molecule has 0 aliphatic heterocycles. The van der Waals surface area contributed by atoms with E-state index < -0.39 is 46.5 Å². The maximum atomic E-state index is 14.7. The fourth-order valence-electron chi connectivity index (χ4n) is 8.23. The maximum absolute atomic E-state index is 14.7. The van der Waals surface area contributed by atoms with Gasteiger partial charge in [-0.05, 0) is 73.4 Å². The van der Waals surface area contributed by atoms with E-state index in [2.05, 4.69) is 6.92 Å². The predicted molar refractivity (Wildman–Crippen MR) is 151 cm³/mol. The third kappa shape index (κ3) is 3.82. The van der Waals surface area contributed by atoms with Crippen LogP contribution in [0.25, 0.3) is 0 Å². The molecular formula is C34H36O7. The van der Waals surface area contributed by atoms with E-state index in [-0.39, 0.29) is 30.1 Å². The fraction of sp³-hybridized carbons (Fsp3) is 0.441. The van der Waals surface area contributed by atoms with E-state index in [9.17, 15) is 24.6 Å². The molecule has 2 aromatic rings. The molecule has 2 saturated carbocycles. The van der Waals surface area contributed by atoms with Gasteiger partial charge < -0.3 is 19.7 Å². The molecule has 6 rings (SSSR count). The Morgan fingerprint density at radius 2 is 1.54 bits per heavy atom. The largest absolute Gasteiger partial charge is 0.461 e. The van der Waals surface area contributed by atoms with Gasteiger partial charge in [-0.15, -0.1) is 0 Å². The van der Waals surface area contributed by atoms with Gasteiger partial charge in [0.15, 0.2) is 17.5 Å². The van der Waals surface area contributed by atoms with Gasteiger partial charge in [-0.1, -0.05) is 62.4 Å². The Hall–Kier alpha value is -3.55. The standard InChI is InChI=1S/C34H36O7/c1-19-15-24-26-25(32(26,4)18-40-30(37)22-11-7-5-8-12-22)16-21(3)33(28(24)36)17-20(2)27(35)34(33,39)29(19)41-31(38)23-13-9-6-10-14-23/h5-15,17,21,24-27,29,35,39H,16,18H2,1-4H3/t21-,24+,25-,26+,27+,29-,32+,33+,34-/m1/s1. The average molecular weight is 557 g/mol. The summed E-state index contributed by atoms with van der Waals surface area (Å²) in [6.45, 7) is 7.59. The van der Waals surface area contributed by atoms with Crippen molar-refractivity contribution in [2.75, 3.05) is 6.61 Å². The summed E-state index contributed by atoms with van der Waals surface area (Å²) in [6, 6.07) is 17.3. The summed E-state index contributed by atoms with van der Waals surface area (Å²) in [4.78, 5) is 40.7. The van der Waals surface area contributed by atoms with E-state index in [0.717, 1.165) is 0 Å². The van der Waals surface area contributed by atoms with Crippen LogP contribution in [0.15, 0.2) is 84.0 Å². The summed E-state index contributed by atoms with van der Waals surface area (Å²) in [5.41, 5.74) is -2.17. The van der Waals surface area contributed by atoms with E-state index in [4.69, 9.17) is 9.47 Å². The highest BCUT2D eigenvalue weighted by Crippen LogP contribution is 2.72. The number of fused-ring (bicyclic) bond motifs is 3. The van der Waals surface area contributed by atoms with E-state index >= 15 is 0 Å². The zero-order chi connectivity index (χ0) is 29.3. The molecule has 4 aliphatic rings. The molecule has 0 amide bonds. The molecule has 9 atom stereocenters. The van der Waals surface area contributed by atoms with E-state index in [1.807, 2.05) is 19.1 Å². The van der Waals surface area contributed by atoms with Crippen molar-refractivity contribution in [2.45, 2.75) is 51.9 Å². The molecule has 7 nitrogen and oxygen atoms in total. The number of ether oxygens (including phenoxy) is 2. The van der Waals surface area contributed by atoms with E-state index in [1.165, 1.54) is 0 Å². The van der Waals surface area contributed by atoms with Gasteiger partial charge in [-0.2, -0.15) is 0 Å². The Morgan fingerprint density at radius 3 is 2.15 bits per heavy atom. The van der Waals surface area contributed by atoms with Crippen molar-refractivity contribution in [1.29, 1.82) is 0 Å². The first-order valence-electron chi connectivity index (χ1n) is 14.3. The van der Waals surface area contributed by atoms with Crippen LogP contribution in [-0.4, -0.2) is 52.4 Å². The predicted octanol–water partition coefficient (Wildman–Crippen LogP) is 4.54. The molecule has 4 aliphatic carbocycles. The summed E-state index contributed by atoms with van der Waals surface area (Å²) in [5, 5.41) is 24.0. The van der Waals surface area contributed by atoms with Gasteiger partial charge in [0.25, 0.3) is 0 Å². The molecule has 0 aromatic heterocycles. The molecule has 7 heteroatoms. The Morgan fingerprint density at radius 1 is 0.951 bits per heavy atom. The van der Waals surface area contributed by atoms with Crippen LogP contribution >= 0.6 is 0 Å². The Bertz CT molecular complexity index is 1460. The molecule has 0 heterocycles. The van der Waals surface area contributed by atoms with Crippen LogP contribution in [0.2, 0.25) is 0 Å². The van der Waals surface area contributed by atoms with Crippen LogP contribution in [-0.2, 0) is 14.3 Å². The fourth-order valence-corrected chi connectivity index (χ4v) is 8.23. The summed E-state index contributed by atoms with van der Waals surface area (Å²) >= 11 is 0. The van der Waals surface area contributed by atoms with Gasteiger partial charge in [0.05, 0.1) is 23.1 Å². The second-order valence-corrected chi connectivity index (χ2v) is 12.7. The Balaban J connectivity index is 1.38. The third-order valence-electron chi connectivity index (χ3n) is 10.4. The van der Waals surface area contributed by atoms with E-state index in [0.29, 0.717) is 28.7 Å². The SMILES string of the molecule is CC1=C[C@@H]2C(=O)[C@]3(C=C(C)[C@H](O)[C@@]3(O)[C@@H]1OC(=O)c1ccccc1)[C@H](C)C[C@@H]1[C@H]2[C@@]1(C)COC(=O)c1ccccc1. The smallest absolute Gasteiger partial charge is 0.338 e. The summed E-state index contributed by atoms with van der Waals surface area (Å²) in [6.07, 6.45) is 1.49. The molecule has 0 radical (unpaired) electrons. The minimum Gasteiger partial charge on any atom is -0.461 e. The zero-order valence-corrected chi connectivity index (χ0v) is 23.7. The van der Waals surface area contributed by atoms with Gasteiger partial charge in [0.1, 0.15) is 6.10 Å². The second kappa shape index (κ2) is 9.50. The van der Waals surface area contributed by atoms with Crippen molar-refractivity contribution < 1.29 is 34.1 Å². The lowest BCUT2D eigenvalue weighted by Crippen LogP contribution is -2.65. The van der Waals surface area contributed by atoms with Crippen LogP contribution in [0.5, 0.6) is 0 Å². The van der Waals surface area contributed by atoms with Gasteiger partial charge >= 0.3 is 11.9 Å². The van der Waals surface area contributed by atoms with Gasteiger partial charge in [-0.3, -0.25) is 4.79 Å². The number of aliphatic hydroxyl groups is 2. The molecule has 1 spiro atoms. The van der Waals surface area contributed by atoms with Crippen LogP contribution < -0.4 is 0 Å². The van der Waals surface area contributed by atoms with Crippen molar-refractivity contribution in [3.05, 3.63) is 95.1 Å². The van der Waals surface area contributed by atoms with Crippen LogP contribution in [0, 0.1) is 34.5 Å². The van der Waals surface area contributed by atoms with Gasteiger partial charge in [0, 0.05) is 11.3 Å². The molecule has 2 aromatic carbocycles. The molecule has 214 valence electrons. The van der Waals surface area contributed by atoms with Crippen LogP contribution in [0.1, 0.15) is 54.8 Å². The van der Waals surface area contributed by atoms with Crippen molar-refractivity contribution in [1.82, 2.24) is 0 Å². The number of Topliss-reactive ketones (excluding diaryl/α,β-unsaturated/α-hetero) is 1. The molecular weight excluding hydrogens is 520 g/mol. The summed E-state index contributed by atoms with van der Waals surface area (Å²) in [5.74, 6) is -2.28. The number of esters is 2. The lowest BCUT2D eigenvalue weighted by atomic mass is 9.59. The number of rotatable bonds is 5. The quantitative estimate of drug-likeness (QED) is 0.411. The number of carbonyl (C=O) groups excluding carboxylic acids is 3. The van der Waals surface area contributed by atoms with Crippen molar-refractivity contribution in [2.24, 2.45) is 34.5 Å². The topological polar surface area (TPSA) is 110 Å². The van der Waals surface area contributed by atoms with Gasteiger partial charge in [0.2, 0.25) is 0 Å².